The minimum atomic E-state index is -0.989. The van der Waals surface area contributed by atoms with Gasteiger partial charge in [-0.2, -0.15) is 0 Å². The number of hydrogen-bond donors (Lipinski definition) is 3. The highest BCUT2D eigenvalue weighted by molar-refractivity contribution is 6.42. The number of anilines is 2. The van der Waals surface area contributed by atoms with Crippen LogP contribution in [-0.4, -0.2) is 29.5 Å². The smallest absolute Gasteiger partial charge is 0.328 e. The summed E-state index contributed by atoms with van der Waals surface area (Å²) in [6.45, 7) is 1.78. The van der Waals surface area contributed by atoms with E-state index in [1.54, 1.807) is 73.7 Å². The molecular weight excluding hydrogens is 491 g/mol. The topological polar surface area (TPSA) is 101 Å². The number of para-hydroxylation sites is 1. The standard InChI is InChI=1S/C25H20Cl2N4O4/c1-14-18(27)6-4-7-19(14)29-23(32)20-13-15-5-3-8-21(35-2)22(15)31(20)30-25(34)24(33)28-17-11-9-16(26)10-12-17/h3-13H,1-2H3,(H,28,33)(H,29,32)(H,30,34). The second-order valence-corrected chi connectivity index (χ2v) is 8.38. The maximum Gasteiger partial charge on any atom is 0.328 e. The summed E-state index contributed by atoms with van der Waals surface area (Å²) < 4.78 is 6.66. The van der Waals surface area contributed by atoms with Crippen molar-refractivity contribution in [1.82, 2.24) is 4.68 Å². The van der Waals surface area contributed by atoms with Crippen LogP contribution in [0.15, 0.2) is 66.7 Å². The number of carbonyl (C=O) groups excluding carboxylic acids is 3. The van der Waals surface area contributed by atoms with Crippen molar-refractivity contribution < 1.29 is 19.1 Å². The van der Waals surface area contributed by atoms with Crippen molar-refractivity contribution in [3.05, 3.63) is 88.0 Å². The molecular formula is C25H20Cl2N4O4. The lowest BCUT2D eigenvalue weighted by Crippen LogP contribution is -2.36. The van der Waals surface area contributed by atoms with E-state index in [0.717, 1.165) is 0 Å². The van der Waals surface area contributed by atoms with Gasteiger partial charge < -0.3 is 15.4 Å². The van der Waals surface area contributed by atoms with E-state index in [1.807, 2.05) is 0 Å². The van der Waals surface area contributed by atoms with Gasteiger partial charge in [0.05, 0.1) is 7.11 Å². The highest BCUT2D eigenvalue weighted by Crippen LogP contribution is 2.29. The van der Waals surface area contributed by atoms with Crippen molar-refractivity contribution >= 4 is 63.2 Å². The monoisotopic (exact) mass is 510 g/mol. The lowest BCUT2D eigenvalue weighted by Gasteiger charge is -2.15. The first-order valence-electron chi connectivity index (χ1n) is 10.4. The van der Waals surface area contributed by atoms with E-state index >= 15 is 0 Å². The van der Waals surface area contributed by atoms with Gasteiger partial charge in [0.1, 0.15) is 17.0 Å². The van der Waals surface area contributed by atoms with Crippen molar-refractivity contribution in [2.75, 3.05) is 23.2 Å². The van der Waals surface area contributed by atoms with E-state index in [1.165, 1.54) is 11.8 Å². The number of methoxy groups -OCH3 is 1. The summed E-state index contributed by atoms with van der Waals surface area (Å²) in [5.41, 5.74) is 4.59. The number of amides is 3. The van der Waals surface area contributed by atoms with E-state index in [2.05, 4.69) is 16.1 Å². The zero-order chi connectivity index (χ0) is 25.1. The molecule has 4 rings (SSSR count). The quantitative estimate of drug-likeness (QED) is 0.320. The van der Waals surface area contributed by atoms with Crippen LogP contribution >= 0.6 is 23.2 Å². The summed E-state index contributed by atoms with van der Waals surface area (Å²) in [6.07, 6.45) is 0. The van der Waals surface area contributed by atoms with Crippen molar-refractivity contribution in [2.24, 2.45) is 0 Å². The third kappa shape index (κ3) is 5.08. The fraction of sp³-hybridized carbons (Fsp3) is 0.0800. The Hall–Kier alpha value is -4.01. The fourth-order valence-electron chi connectivity index (χ4n) is 3.48. The summed E-state index contributed by atoms with van der Waals surface area (Å²) in [7, 11) is 1.47. The van der Waals surface area contributed by atoms with Gasteiger partial charge in [-0.25, -0.2) is 4.68 Å². The zero-order valence-corrected chi connectivity index (χ0v) is 20.2. The molecule has 0 aliphatic heterocycles. The van der Waals surface area contributed by atoms with E-state index in [4.69, 9.17) is 27.9 Å². The second kappa shape index (κ2) is 10.1. The van der Waals surface area contributed by atoms with Gasteiger partial charge in [0.25, 0.3) is 5.91 Å². The van der Waals surface area contributed by atoms with Crippen molar-refractivity contribution in [2.45, 2.75) is 6.92 Å². The van der Waals surface area contributed by atoms with Gasteiger partial charge >= 0.3 is 11.8 Å². The normalized spacial score (nSPS) is 10.6. The Morgan fingerprint density at radius 2 is 1.60 bits per heavy atom. The van der Waals surface area contributed by atoms with Gasteiger partial charge in [0, 0.05) is 26.8 Å². The third-order valence-electron chi connectivity index (χ3n) is 5.28. The second-order valence-electron chi connectivity index (χ2n) is 7.53. The maximum atomic E-state index is 13.3. The van der Waals surface area contributed by atoms with Crippen molar-refractivity contribution in [1.29, 1.82) is 0 Å². The van der Waals surface area contributed by atoms with Gasteiger partial charge in [-0.1, -0.05) is 41.4 Å². The number of nitrogens with one attached hydrogen (secondary N) is 3. The highest BCUT2D eigenvalue weighted by Gasteiger charge is 2.23. The average Bonchev–Trinajstić information content (AvgIpc) is 3.22. The number of ether oxygens (including phenoxy) is 1. The van der Waals surface area contributed by atoms with E-state index in [0.29, 0.717) is 43.6 Å². The molecule has 35 heavy (non-hydrogen) atoms. The van der Waals surface area contributed by atoms with Gasteiger partial charge in [-0.05, 0) is 61.0 Å². The Labute approximate surface area is 210 Å². The Balaban J connectivity index is 1.68. The van der Waals surface area contributed by atoms with Crippen LogP contribution in [0.3, 0.4) is 0 Å². The molecule has 1 aromatic heterocycles. The summed E-state index contributed by atoms with van der Waals surface area (Å²) >= 11 is 12.0. The van der Waals surface area contributed by atoms with Crippen LogP contribution < -0.4 is 20.8 Å². The van der Waals surface area contributed by atoms with Gasteiger partial charge in [-0.3, -0.25) is 19.8 Å². The Morgan fingerprint density at radius 1 is 0.886 bits per heavy atom. The molecule has 0 atom stereocenters. The molecule has 0 radical (unpaired) electrons. The molecule has 0 aliphatic rings. The molecule has 0 spiro atoms. The molecule has 10 heteroatoms. The molecule has 1 heterocycles. The summed E-state index contributed by atoms with van der Waals surface area (Å²) in [4.78, 5) is 38.6. The van der Waals surface area contributed by atoms with Gasteiger partial charge in [0.2, 0.25) is 0 Å². The SMILES string of the molecule is COc1cccc2cc(C(=O)Nc3cccc(Cl)c3C)n(NC(=O)C(=O)Nc3ccc(Cl)cc3)c12. The molecule has 3 N–H and O–H groups in total. The molecule has 0 saturated heterocycles. The zero-order valence-electron chi connectivity index (χ0n) is 18.7. The number of nitrogens with zero attached hydrogens (tertiary/aromatic N) is 1. The number of carbonyl (C=O) groups is 3. The van der Waals surface area contributed by atoms with Crippen LogP contribution in [0.1, 0.15) is 16.1 Å². The molecule has 3 amide bonds. The highest BCUT2D eigenvalue weighted by atomic mass is 35.5. The fourth-order valence-corrected chi connectivity index (χ4v) is 3.78. The minimum absolute atomic E-state index is 0.0801. The van der Waals surface area contributed by atoms with Crippen LogP contribution in [0, 0.1) is 6.92 Å². The Kier molecular flexibility index (Phi) is 6.95. The van der Waals surface area contributed by atoms with E-state index < -0.39 is 17.7 Å². The number of halogens is 2. The Bertz CT molecular complexity index is 1450. The van der Waals surface area contributed by atoms with Crippen LogP contribution in [-0.2, 0) is 9.59 Å². The predicted octanol–water partition coefficient (Wildman–Crippen LogP) is 5.23. The van der Waals surface area contributed by atoms with E-state index in [-0.39, 0.29) is 5.69 Å². The van der Waals surface area contributed by atoms with Crippen LogP contribution in [0.4, 0.5) is 11.4 Å². The van der Waals surface area contributed by atoms with Gasteiger partial charge in [-0.15, -0.1) is 0 Å². The van der Waals surface area contributed by atoms with Crippen LogP contribution in [0.2, 0.25) is 10.0 Å². The molecule has 4 aromatic rings. The summed E-state index contributed by atoms with van der Waals surface area (Å²) in [6, 6.07) is 18.2. The lowest BCUT2D eigenvalue weighted by molar-refractivity contribution is -0.133. The molecule has 178 valence electrons. The molecule has 0 unspecified atom stereocenters. The first-order valence-corrected chi connectivity index (χ1v) is 11.2. The van der Waals surface area contributed by atoms with Crippen LogP contribution in [0.5, 0.6) is 5.75 Å². The lowest BCUT2D eigenvalue weighted by atomic mass is 10.2. The van der Waals surface area contributed by atoms with Crippen molar-refractivity contribution in [3.63, 3.8) is 0 Å². The third-order valence-corrected chi connectivity index (χ3v) is 5.94. The number of aromatic nitrogens is 1. The molecule has 0 bridgehead atoms. The van der Waals surface area contributed by atoms with Crippen LogP contribution in [0.25, 0.3) is 10.9 Å². The first kappa shape index (κ1) is 24.1. The number of hydrogen-bond acceptors (Lipinski definition) is 4. The molecule has 3 aromatic carbocycles. The molecule has 8 nitrogen and oxygen atoms in total. The van der Waals surface area contributed by atoms with Crippen molar-refractivity contribution in [3.8, 4) is 5.75 Å². The maximum absolute atomic E-state index is 13.3. The number of benzene rings is 3. The first-order chi connectivity index (χ1) is 16.8. The molecule has 0 saturated carbocycles. The minimum Gasteiger partial charge on any atom is -0.494 e. The average molecular weight is 511 g/mol. The summed E-state index contributed by atoms with van der Waals surface area (Å²) in [5, 5.41) is 6.90. The molecule has 0 fully saturated rings. The number of rotatable bonds is 5. The number of fused-ring (bicyclic) bond motifs is 1. The van der Waals surface area contributed by atoms with E-state index in [9.17, 15) is 14.4 Å². The summed E-state index contributed by atoms with van der Waals surface area (Å²) in [5.74, 6) is -2.04. The predicted molar refractivity (Wildman–Crippen MR) is 137 cm³/mol. The van der Waals surface area contributed by atoms with Gasteiger partial charge in [0.15, 0.2) is 0 Å². The molecule has 0 aliphatic carbocycles. The Morgan fingerprint density at radius 3 is 2.31 bits per heavy atom. The largest absolute Gasteiger partial charge is 0.494 e.